The van der Waals surface area contributed by atoms with E-state index < -0.39 is 0 Å². The Kier molecular flexibility index (Phi) is 35.5. The van der Waals surface area contributed by atoms with Crippen molar-refractivity contribution in [1.82, 2.24) is 0 Å². The zero-order chi connectivity index (χ0) is 4.12. The Morgan fingerprint density at radius 3 is 1.43 bits per heavy atom. The van der Waals surface area contributed by atoms with Crippen LogP contribution in [-0.4, -0.2) is 36.1 Å². The molecule has 0 aromatic heterocycles. The maximum Gasteiger partial charge on any atom is 2.00 e. The van der Waals surface area contributed by atoms with Crippen LogP contribution >= 0.6 is 0 Å². The van der Waals surface area contributed by atoms with Gasteiger partial charge in [-0.15, -0.1) is 0 Å². The van der Waals surface area contributed by atoms with Crippen LogP contribution in [0.3, 0.4) is 0 Å². The molecule has 0 aliphatic heterocycles. The molecule has 0 heterocycles. The van der Waals surface area contributed by atoms with Crippen molar-refractivity contribution in [3.8, 4) is 0 Å². The Labute approximate surface area is 63.0 Å². The van der Waals surface area contributed by atoms with Crippen LogP contribution in [0.25, 0.3) is 5.32 Å². The van der Waals surface area contributed by atoms with E-state index in [9.17, 15) is 0 Å². The molecule has 0 aliphatic rings. The Morgan fingerprint density at radius 2 is 1.43 bits per heavy atom. The Bertz CT molecular complexity index is 15.6. The van der Waals surface area contributed by atoms with Crippen LogP contribution in [0.4, 0.5) is 0 Å². The maximum atomic E-state index is 3.97. The molecule has 0 aromatic carbocycles. The molecule has 2 heteroatoms. The van der Waals surface area contributed by atoms with Gasteiger partial charge >= 0.3 is 23.1 Å². The van der Waals surface area contributed by atoms with Crippen LogP contribution in [0, 0.1) is 7.43 Å². The minimum absolute atomic E-state index is 0. The fraction of sp³-hybridized carbons (Fsp3) is 0.800. The van der Waals surface area contributed by atoms with Gasteiger partial charge in [0.1, 0.15) is 0 Å². The maximum absolute atomic E-state index is 3.97. The van der Waals surface area contributed by atoms with Crippen molar-refractivity contribution in [2.24, 2.45) is 0 Å². The molecule has 0 amide bonds. The van der Waals surface area contributed by atoms with E-state index in [-0.39, 0.29) is 30.5 Å². The summed E-state index contributed by atoms with van der Waals surface area (Å²) in [5.41, 5.74) is 0. The quantitative estimate of drug-likeness (QED) is 0.378. The molecule has 0 aromatic rings. The summed E-state index contributed by atoms with van der Waals surface area (Å²) in [5.74, 6) is 0. The van der Waals surface area contributed by atoms with Crippen LogP contribution in [0.5, 0.6) is 0 Å². The number of rotatable bonds is 2. The van der Waals surface area contributed by atoms with Gasteiger partial charge in [0, 0.05) is 0 Å². The molecule has 0 unspecified atom stereocenters. The summed E-state index contributed by atoms with van der Waals surface area (Å²) in [7, 11) is 0. The van der Waals surface area contributed by atoms with Crippen molar-refractivity contribution in [2.45, 2.75) is 13.8 Å². The number of hydrogen-bond donors (Lipinski definition) is 0. The third kappa shape index (κ3) is 20.2. The molecule has 0 spiro atoms. The van der Waals surface area contributed by atoms with Gasteiger partial charge in [0.2, 0.25) is 0 Å². The molecule has 40 valence electrons. The van der Waals surface area contributed by atoms with Crippen LogP contribution in [-0.2, 0) is 0 Å². The van der Waals surface area contributed by atoms with Gasteiger partial charge in [-0.1, -0.05) is 13.8 Å². The van der Waals surface area contributed by atoms with E-state index in [2.05, 4.69) is 5.32 Å². The first-order chi connectivity index (χ1) is 2.41. The van der Waals surface area contributed by atoms with Crippen LogP contribution in [0.15, 0.2) is 0 Å². The normalized spacial score (nSPS) is 6.00. The topological polar surface area (TPSA) is 14.1 Å². The molecular formula is C5H13MgN. The van der Waals surface area contributed by atoms with Crippen LogP contribution in [0.2, 0.25) is 0 Å². The number of hydrogen-bond acceptors (Lipinski definition) is 0. The minimum Gasteiger partial charge on any atom is -0.663 e. The van der Waals surface area contributed by atoms with E-state index in [1.165, 1.54) is 0 Å². The van der Waals surface area contributed by atoms with Gasteiger partial charge in [0.05, 0.1) is 0 Å². The zero-order valence-electron chi connectivity index (χ0n) is 5.57. The largest absolute Gasteiger partial charge is 2.00 e. The average Bonchev–Trinajstić information content (AvgIpc) is 1.41. The van der Waals surface area contributed by atoms with Crippen molar-refractivity contribution >= 4 is 23.1 Å². The van der Waals surface area contributed by atoms with Gasteiger partial charge in [-0.05, 0) is 0 Å². The molecule has 7 heavy (non-hydrogen) atoms. The third-order valence-electron chi connectivity index (χ3n) is 0.447. The molecule has 0 radical (unpaired) electrons. The van der Waals surface area contributed by atoms with Gasteiger partial charge < -0.3 is 12.7 Å². The van der Waals surface area contributed by atoms with Crippen LogP contribution in [0.1, 0.15) is 13.8 Å². The molecule has 0 rings (SSSR count). The van der Waals surface area contributed by atoms with E-state index in [0.29, 0.717) is 0 Å². The van der Waals surface area contributed by atoms with Gasteiger partial charge in [-0.2, -0.15) is 13.1 Å². The Hall–Kier alpha value is 0.726. The van der Waals surface area contributed by atoms with E-state index in [1.54, 1.807) is 0 Å². The summed E-state index contributed by atoms with van der Waals surface area (Å²) < 4.78 is 0. The van der Waals surface area contributed by atoms with E-state index in [0.717, 1.165) is 13.1 Å². The minimum atomic E-state index is 0. The molecule has 0 saturated heterocycles. The Balaban J connectivity index is -0.0000000800. The standard InChI is InChI=1S/C4H10N.CH3.Mg/c1-3-5-4-2;;/h3-4H2,1-2H3;1H3;/q2*-1;+2. The second-order valence-corrected chi connectivity index (χ2v) is 0.856. The van der Waals surface area contributed by atoms with Gasteiger partial charge in [-0.25, -0.2) is 0 Å². The first-order valence-corrected chi connectivity index (χ1v) is 2.05. The second kappa shape index (κ2) is 15.9. The summed E-state index contributed by atoms with van der Waals surface area (Å²) in [6, 6.07) is 0. The first-order valence-electron chi connectivity index (χ1n) is 2.05. The predicted octanol–water partition coefficient (Wildman–Crippen LogP) is 1.47. The molecule has 0 aliphatic carbocycles. The molecule has 0 bridgehead atoms. The molecule has 0 saturated carbocycles. The molecule has 0 N–H and O–H groups in total. The predicted molar refractivity (Wildman–Crippen MR) is 36.6 cm³/mol. The van der Waals surface area contributed by atoms with Crippen molar-refractivity contribution in [3.05, 3.63) is 12.7 Å². The monoisotopic (exact) mass is 111 g/mol. The average molecular weight is 111 g/mol. The SMILES string of the molecule is CC[N-]CC.[CH3-].[Mg+2]. The summed E-state index contributed by atoms with van der Waals surface area (Å²) >= 11 is 0. The smallest absolute Gasteiger partial charge is 0.663 e. The summed E-state index contributed by atoms with van der Waals surface area (Å²) in [6.45, 7) is 6.03. The van der Waals surface area contributed by atoms with Crippen molar-refractivity contribution in [1.29, 1.82) is 0 Å². The molecule has 0 fully saturated rings. The Morgan fingerprint density at radius 1 is 1.14 bits per heavy atom. The zero-order valence-corrected chi connectivity index (χ0v) is 6.98. The first kappa shape index (κ1) is 15.6. The van der Waals surface area contributed by atoms with E-state index >= 15 is 0 Å². The summed E-state index contributed by atoms with van der Waals surface area (Å²) in [5, 5.41) is 3.97. The molecule has 1 nitrogen and oxygen atoms in total. The fourth-order valence-electron chi connectivity index (χ4n) is 0.224. The summed E-state index contributed by atoms with van der Waals surface area (Å²) in [4.78, 5) is 0. The van der Waals surface area contributed by atoms with Crippen molar-refractivity contribution < 1.29 is 0 Å². The van der Waals surface area contributed by atoms with Gasteiger partial charge in [-0.3, -0.25) is 0 Å². The summed E-state index contributed by atoms with van der Waals surface area (Å²) in [6.07, 6.45) is 0. The van der Waals surface area contributed by atoms with E-state index in [4.69, 9.17) is 0 Å². The third-order valence-corrected chi connectivity index (χ3v) is 0.447. The fourth-order valence-corrected chi connectivity index (χ4v) is 0.224. The van der Waals surface area contributed by atoms with Crippen LogP contribution < -0.4 is 0 Å². The molecular weight excluding hydrogens is 98.4 g/mol. The second-order valence-electron chi connectivity index (χ2n) is 0.856. The van der Waals surface area contributed by atoms with Crippen molar-refractivity contribution in [2.75, 3.05) is 13.1 Å². The number of nitrogens with zero attached hydrogens (tertiary/aromatic N) is 1. The van der Waals surface area contributed by atoms with Crippen molar-refractivity contribution in [3.63, 3.8) is 0 Å². The van der Waals surface area contributed by atoms with E-state index in [1.807, 2.05) is 13.8 Å². The van der Waals surface area contributed by atoms with Gasteiger partial charge in [0.25, 0.3) is 0 Å². The van der Waals surface area contributed by atoms with Gasteiger partial charge in [0.15, 0.2) is 0 Å². The molecule has 0 atom stereocenters.